The summed E-state index contributed by atoms with van der Waals surface area (Å²) in [4.78, 5) is 23.3. The number of nitrogens with one attached hydrogen (secondary N) is 1. The molecule has 6 nitrogen and oxygen atoms in total. The minimum atomic E-state index is -0.962. The number of hydrogen-bond acceptors (Lipinski definition) is 4. The lowest BCUT2D eigenvalue weighted by Crippen LogP contribution is -2.44. The van der Waals surface area contributed by atoms with Crippen molar-refractivity contribution >= 4 is 12.1 Å². The minimum absolute atomic E-state index is 0.0632. The molecule has 0 aromatic heterocycles. The van der Waals surface area contributed by atoms with Crippen molar-refractivity contribution in [3.8, 4) is 0 Å². The van der Waals surface area contributed by atoms with E-state index in [0.717, 1.165) is 25.7 Å². The van der Waals surface area contributed by atoms with Crippen LogP contribution in [-0.2, 0) is 9.53 Å². The molecule has 22 heavy (non-hydrogen) atoms. The van der Waals surface area contributed by atoms with Gasteiger partial charge in [-0.3, -0.25) is 4.79 Å². The van der Waals surface area contributed by atoms with Gasteiger partial charge in [-0.05, 0) is 40.0 Å². The topological polar surface area (TPSA) is 95.9 Å². The zero-order chi connectivity index (χ0) is 17.2. The van der Waals surface area contributed by atoms with Crippen LogP contribution in [0.3, 0.4) is 0 Å². The van der Waals surface area contributed by atoms with Crippen LogP contribution in [-0.4, -0.2) is 41.0 Å². The highest BCUT2D eigenvalue weighted by Gasteiger charge is 2.36. The molecule has 0 aromatic carbocycles. The lowest BCUT2D eigenvalue weighted by Gasteiger charge is -2.29. The van der Waals surface area contributed by atoms with Crippen molar-refractivity contribution in [2.45, 2.75) is 71.8 Å². The van der Waals surface area contributed by atoms with Crippen molar-refractivity contribution < 1.29 is 24.5 Å². The second kappa shape index (κ2) is 9.66. The van der Waals surface area contributed by atoms with Crippen LogP contribution in [0, 0.1) is 5.41 Å². The van der Waals surface area contributed by atoms with E-state index < -0.39 is 23.1 Å². The summed E-state index contributed by atoms with van der Waals surface area (Å²) in [5.41, 5.74) is -1.57. The molecular formula is C16H31NO5. The van der Waals surface area contributed by atoms with E-state index in [2.05, 4.69) is 5.32 Å². The van der Waals surface area contributed by atoms with E-state index in [1.807, 2.05) is 6.92 Å². The van der Waals surface area contributed by atoms with Gasteiger partial charge >= 0.3 is 12.1 Å². The van der Waals surface area contributed by atoms with Crippen LogP contribution < -0.4 is 5.32 Å². The lowest BCUT2D eigenvalue weighted by molar-refractivity contribution is -0.149. The molecule has 1 atom stereocenters. The summed E-state index contributed by atoms with van der Waals surface area (Å²) in [6.07, 6.45) is 3.61. The Morgan fingerprint density at radius 2 is 1.68 bits per heavy atom. The first-order chi connectivity index (χ1) is 10.2. The molecule has 6 heteroatoms. The Morgan fingerprint density at radius 3 is 2.14 bits per heavy atom. The number of carbonyl (C=O) groups is 2. The van der Waals surface area contributed by atoms with Gasteiger partial charge in [0.2, 0.25) is 0 Å². The summed E-state index contributed by atoms with van der Waals surface area (Å²) in [5, 5.41) is 20.9. The fraction of sp³-hybridized carbons (Fsp3) is 0.875. The molecule has 0 aromatic rings. The van der Waals surface area contributed by atoms with Crippen molar-refractivity contribution in [3.63, 3.8) is 0 Å². The maximum absolute atomic E-state index is 11.7. The molecule has 0 radical (unpaired) electrons. The highest BCUT2D eigenvalue weighted by molar-refractivity contribution is 5.76. The normalized spacial score (nSPS) is 14.2. The molecule has 0 fully saturated rings. The van der Waals surface area contributed by atoms with Crippen molar-refractivity contribution in [3.05, 3.63) is 0 Å². The number of alkyl carbamates (subject to hydrolysis) is 1. The second-order valence-corrected chi connectivity index (χ2v) is 6.68. The summed E-state index contributed by atoms with van der Waals surface area (Å²) in [7, 11) is 0. The third-order valence-electron chi connectivity index (χ3n) is 3.66. The number of carboxylic acids is 1. The maximum atomic E-state index is 11.7. The number of rotatable bonds is 10. The van der Waals surface area contributed by atoms with Crippen LogP contribution >= 0.6 is 0 Å². The van der Waals surface area contributed by atoms with Gasteiger partial charge in [-0.2, -0.15) is 0 Å². The van der Waals surface area contributed by atoms with Gasteiger partial charge in [0.25, 0.3) is 0 Å². The van der Waals surface area contributed by atoms with Crippen LogP contribution in [0.2, 0.25) is 0 Å². The van der Waals surface area contributed by atoms with Gasteiger partial charge in [-0.15, -0.1) is 0 Å². The van der Waals surface area contributed by atoms with E-state index in [0.29, 0.717) is 12.8 Å². The van der Waals surface area contributed by atoms with Crippen LogP contribution in [0.4, 0.5) is 4.79 Å². The number of hydrogen-bond donors (Lipinski definition) is 3. The van der Waals surface area contributed by atoms with E-state index in [1.165, 1.54) is 0 Å². The highest BCUT2D eigenvalue weighted by Crippen LogP contribution is 2.29. The van der Waals surface area contributed by atoms with Crippen LogP contribution in [0.25, 0.3) is 0 Å². The van der Waals surface area contributed by atoms with E-state index in [1.54, 1.807) is 20.8 Å². The molecule has 3 N–H and O–H groups in total. The molecule has 0 heterocycles. The molecule has 0 aliphatic rings. The minimum Gasteiger partial charge on any atom is -0.481 e. The summed E-state index contributed by atoms with van der Waals surface area (Å²) >= 11 is 0. The Morgan fingerprint density at radius 1 is 1.09 bits per heavy atom. The van der Waals surface area contributed by atoms with Gasteiger partial charge < -0.3 is 20.3 Å². The number of aliphatic hydroxyl groups is 1. The zero-order valence-corrected chi connectivity index (χ0v) is 14.3. The fourth-order valence-electron chi connectivity index (χ4n) is 2.21. The maximum Gasteiger partial charge on any atom is 0.407 e. The number of aliphatic hydroxyl groups excluding tert-OH is 1. The summed E-state index contributed by atoms with van der Waals surface area (Å²) in [6, 6.07) is 0. The van der Waals surface area contributed by atoms with Gasteiger partial charge in [0, 0.05) is 13.2 Å². The predicted molar refractivity (Wildman–Crippen MR) is 84.8 cm³/mol. The van der Waals surface area contributed by atoms with E-state index in [4.69, 9.17) is 9.84 Å². The Balaban J connectivity index is 4.49. The van der Waals surface area contributed by atoms with Gasteiger partial charge in [0.05, 0.1) is 5.41 Å². The van der Waals surface area contributed by atoms with Gasteiger partial charge in [0.15, 0.2) is 0 Å². The highest BCUT2D eigenvalue weighted by atomic mass is 16.6. The summed E-state index contributed by atoms with van der Waals surface area (Å²) in [5.74, 6) is -0.895. The first-order valence-electron chi connectivity index (χ1n) is 7.98. The van der Waals surface area contributed by atoms with Crippen molar-refractivity contribution in [1.29, 1.82) is 0 Å². The van der Waals surface area contributed by atoms with Crippen LogP contribution in [0.15, 0.2) is 0 Å². The Hall–Kier alpha value is -1.30. The lowest BCUT2D eigenvalue weighted by atomic mass is 9.80. The summed E-state index contributed by atoms with van der Waals surface area (Å²) in [6.45, 7) is 7.33. The molecule has 0 aliphatic carbocycles. The molecule has 1 amide bonds. The number of ether oxygens (including phenoxy) is 1. The molecule has 0 aliphatic heterocycles. The number of aliphatic carboxylic acids is 1. The van der Waals surface area contributed by atoms with E-state index in [9.17, 15) is 14.7 Å². The molecule has 0 bridgehead atoms. The average Bonchev–Trinajstić information content (AvgIpc) is 2.40. The largest absolute Gasteiger partial charge is 0.481 e. The molecule has 0 saturated heterocycles. The second-order valence-electron chi connectivity index (χ2n) is 6.68. The van der Waals surface area contributed by atoms with Crippen molar-refractivity contribution in [1.82, 2.24) is 5.32 Å². The standard InChI is InChI=1S/C16H31NO5/c1-5-16(13(19)20,10-8-6-7-9-11-18)12-17-14(21)22-15(2,3)4/h18H,5-12H2,1-4H3,(H,17,21)(H,19,20). The smallest absolute Gasteiger partial charge is 0.407 e. The van der Waals surface area contributed by atoms with Crippen LogP contribution in [0.1, 0.15) is 66.2 Å². The molecule has 1 unspecified atom stereocenters. The first-order valence-corrected chi connectivity index (χ1v) is 7.98. The zero-order valence-electron chi connectivity index (χ0n) is 14.3. The predicted octanol–water partition coefficient (Wildman–Crippen LogP) is 2.93. The van der Waals surface area contributed by atoms with Crippen molar-refractivity contribution in [2.24, 2.45) is 5.41 Å². The van der Waals surface area contributed by atoms with E-state index >= 15 is 0 Å². The molecule has 0 spiro atoms. The monoisotopic (exact) mass is 317 g/mol. The van der Waals surface area contributed by atoms with Crippen molar-refractivity contribution in [2.75, 3.05) is 13.2 Å². The molecule has 0 saturated carbocycles. The van der Waals surface area contributed by atoms with Crippen LogP contribution in [0.5, 0.6) is 0 Å². The van der Waals surface area contributed by atoms with Gasteiger partial charge in [-0.1, -0.05) is 26.2 Å². The number of carbonyl (C=O) groups excluding carboxylic acids is 1. The average molecular weight is 317 g/mol. The SMILES string of the molecule is CCC(CCCCCCO)(CNC(=O)OC(C)(C)C)C(=O)O. The number of unbranched alkanes of at least 4 members (excludes halogenated alkanes) is 3. The third kappa shape index (κ3) is 8.22. The number of amides is 1. The van der Waals surface area contributed by atoms with Gasteiger partial charge in [-0.25, -0.2) is 4.79 Å². The third-order valence-corrected chi connectivity index (χ3v) is 3.66. The quantitative estimate of drug-likeness (QED) is 0.538. The van der Waals surface area contributed by atoms with Gasteiger partial charge in [0.1, 0.15) is 5.60 Å². The fourth-order valence-corrected chi connectivity index (χ4v) is 2.21. The van der Waals surface area contributed by atoms with E-state index in [-0.39, 0.29) is 13.2 Å². The summed E-state index contributed by atoms with van der Waals surface area (Å²) < 4.78 is 5.14. The Labute approximate surface area is 133 Å². The first kappa shape index (κ1) is 20.7. The Bertz CT molecular complexity index is 351. The molecule has 130 valence electrons. The molecular weight excluding hydrogens is 286 g/mol. The number of carboxylic acid groups (broad SMARTS) is 1. The Kier molecular flexibility index (Phi) is 9.09. The molecule has 0 rings (SSSR count).